The van der Waals surface area contributed by atoms with Crippen molar-refractivity contribution in [1.29, 1.82) is 0 Å². The Balaban J connectivity index is 4.35. The van der Waals surface area contributed by atoms with Gasteiger partial charge >= 0.3 is 7.96 Å². The van der Waals surface area contributed by atoms with Crippen LogP contribution in [0.5, 0.6) is 0 Å². The summed E-state index contributed by atoms with van der Waals surface area (Å²) in [7, 11) is 0. The van der Waals surface area contributed by atoms with Gasteiger partial charge in [-0.3, -0.25) is 9.05 Å². The predicted octanol–water partition coefficient (Wildman–Crippen LogP) is 5.14. The number of hydrogen-bond acceptors (Lipinski definition) is 3. The van der Waals surface area contributed by atoms with E-state index in [0.717, 1.165) is 0 Å². The molecule has 0 heterocycles. The van der Waals surface area contributed by atoms with Crippen LogP contribution >= 0.6 is 86.7 Å². The maximum Gasteiger partial charge on any atom is 0.303 e. The first kappa shape index (κ1) is 15.6. The van der Waals surface area contributed by atoms with E-state index in [0.29, 0.717) is 0 Å². The van der Waals surface area contributed by atoms with Gasteiger partial charge in [-0.25, -0.2) is 0 Å². The highest BCUT2D eigenvalue weighted by molar-refractivity contribution is 8.22. The molecular weight excluding hydrogens is 367 g/mol. The number of hydrogen-bond donors (Lipinski definition) is 0. The van der Waals surface area contributed by atoms with Crippen LogP contribution in [-0.2, 0) is 20.9 Å². The second-order valence-electron chi connectivity index (χ2n) is 1.50. The van der Waals surface area contributed by atoms with Gasteiger partial charge in [0.1, 0.15) is 0 Å². The Bertz CT molecular complexity index is 200. The van der Waals surface area contributed by atoms with Crippen LogP contribution in [0.15, 0.2) is 0 Å². The maximum atomic E-state index is 5.48. The maximum absolute atomic E-state index is 5.48. The van der Waals surface area contributed by atoms with Gasteiger partial charge in [-0.05, 0) is 23.0 Å². The highest BCUT2D eigenvalue weighted by Crippen LogP contribution is 2.63. The van der Waals surface area contributed by atoms with Crippen molar-refractivity contribution in [2.75, 3.05) is 0 Å². The van der Waals surface area contributed by atoms with Crippen molar-refractivity contribution in [3.8, 4) is 0 Å². The van der Waals surface area contributed by atoms with Gasteiger partial charge in [-0.15, -0.1) is 0 Å². The molecule has 0 aliphatic rings. The van der Waals surface area contributed by atoms with Crippen LogP contribution in [0.4, 0.5) is 0 Å². The monoisotopic (exact) mass is 364 g/mol. The SMILES string of the molecule is S=P(Cl)(OC(Cl)(Cl)Cl)OC(Cl)(Cl)Cl. The van der Waals surface area contributed by atoms with E-state index in [2.05, 4.69) is 20.9 Å². The fourth-order valence-corrected chi connectivity index (χ4v) is 5.21. The van der Waals surface area contributed by atoms with Crippen molar-refractivity contribution in [1.82, 2.24) is 0 Å². The lowest BCUT2D eigenvalue weighted by Gasteiger charge is -2.22. The van der Waals surface area contributed by atoms with E-state index in [-0.39, 0.29) is 0 Å². The molecule has 0 rings (SSSR count). The first-order chi connectivity index (χ1) is 5.41. The third kappa shape index (κ3) is 10.9. The van der Waals surface area contributed by atoms with E-state index in [4.69, 9.17) is 80.8 Å². The first-order valence-corrected chi connectivity index (χ1v) is 8.07. The van der Waals surface area contributed by atoms with Crippen molar-refractivity contribution >= 4 is 98.5 Å². The van der Waals surface area contributed by atoms with E-state index in [1.165, 1.54) is 0 Å². The zero-order valence-electron chi connectivity index (χ0n) is 5.32. The number of alkyl halides is 6. The fourth-order valence-electron chi connectivity index (χ4n) is 0.266. The predicted molar refractivity (Wildman–Crippen MR) is 62.9 cm³/mol. The lowest BCUT2D eigenvalue weighted by Crippen LogP contribution is -2.11. The Hall–Kier alpha value is 2.60. The second kappa shape index (κ2) is 5.29. The number of rotatable bonds is 2. The number of halogens is 7. The third-order valence-electron chi connectivity index (χ3n) is 0.425. The molecule has 0 fully saturated rings. The Kier molecular flexibility index (Phi) is 6.34. The Morgan fingerprint density at radius 1 is 0.846 bits per heavy atom. The van der Waals surface area contributed by atoms with Gasteiger partial charge in [0.05, 0.1) is 0 Å². The molecule has 0 bridgehead atoms. The average Bonchev–Trinajstić information content (AvgIpc) is 1.43. The summed E-state index contributed by atoms with van der Waals surface area (Å²) in [5.74, 6) is -3.42. The molecule has 13 heavy (non-hydrogen) atoms. The molecule has 0 saturated heterocycles. The molecule has 0 aromatic rings. The summed E-state index contributed by atoms with van der Waals surface area (Å²) in [6.45, 7) is 0. The van der Waals surface area contributed by atoms with E-state index < -0.39 is 13.8 Å². The van der Waals surface area contributed by atoms with Crippen LogP contribution in [0.2, 0.25) is 0 Å². The molecule has 0 aliphatic carbocycles. The molecule has 0 aliphatic heterocycles. The summed E-state index contributed by atoms with van der Waals surface area (Å²) in [5, 5.41) is 0. The van der Waals surface area contributed by atoms with Crippen molar-refractivity contribution in [2.45, 2.75) is 7.96 Å². The van der Waals surface area contributed by atoms with E-state index in [1.54, 1.807) is 0 Å². The minimum absolute atomic E-state index is 2.12. The zero-order chi connectivity index (χ0) is 10.9. The molecule has 0 aromatic carbocycles. The lowest BCUT2D eigenvalue weighted by atomic mass is 11.6. The smallest absolute Gasteiger partial charge is 0.266 e. The van der Waals surface area contributed by atoms with Gasteiger partial charge < -0.3 is 0 Å². The van der Waals surface area contributed by atoms with Gasteiger partial charge in [-0.1, -0.05) is 69.6 Å². The largest absolute Gasteiger partial charge is 0.303 e. The average molecular weight is 367 g/mol. The Labute approximate surface area is 115 Å². The van der Waals surface area contributed by atoms with E-state index in [1.807, 2.05) is 0 Å². The van der Waals surface area contributed by atoms with Crippen molar-refractivity contribution in [3.63, 3.8) is 0 Å². The molecule has 0 atom stereocenters. The molecule has 80 valence electrons. The first-order valence-electron chi connectivity index (χ1n) is 2.26. The molecule has 0 unspecified atom stereocenters. The van der Waals surface area contributed by atoms with Crippen LogP contribution in [0.3, 0.4) is 0 Å². The Morgan fingerprint density at radius 3 is 1.23 bits per heavy atom. The molecule has 11 heteroatoms. The van der Waals surface area contributed by atoms with Crippen LogP contribution in [0, 0.1) is 0 Å². The molecule has 2 nitrogen and oxygen atoms in total. The highest BCUT2D eigenvalue weighted by Gasteiger charge is 2.37. The normalized spacial score (nSPS) is 14.7. The van der Waals surface area contributed by atoms with Crippen LogP contribution in [0.1, 0.15) is 0 Å². The van der Waals surface area contributed by atoms with Crippen molar-refractivity contribution < 1.29 is 9.05 Å². The van der Waals surface area contributed by atoms with Crippen molar-refractivity contribution in [2.24, 2.45) is 0 Å². The Morgan fingerprint density at radius 2 is 1.08 bits per heavy atom. The van der Waals surface area contributed by atoms with Crippen molar-refractivity contribution in [3.05, 3.63) is 0 Å². The van der Waals surface area contributed by atoms with Crippen LogP contribution in [0.25, 0.3) is 0 Å². The van der Waals surface area contributed by atoms with E-state index in [9.17, 15) is 0 Å². The summed E-state index contributed by atoms with van der Waals surface area (Å²) < 4.78 is 4.79. The third-order valence-corrected chi connectivity index (χ3v) is 3.38. The van der Waals surface area contributed by atoms with Gasteiger partial charge in [0.2, 0.25) is 0 Å². The molecule has 0 amide bonds. The minimum atomic E-state index is -3.42. The molecule has 0 aromatic heterocycles. The molecule has 0 N–H and O–H groups in total. The quantitative estimate of drug-likeness (QED) is 0.498. The molecule has 0 spiro atoms. The van der Waals surface area contributed by atoms with Gasteiger partial charge in [0.15, 0.2) is 0 Å². The second-order valence-corrected chi connectivity index (χ2v) is 10.5. The molecule has 0 saturated carbocycles. The summed E-state index contributed by atoms with van der Waals surface area (Å²) in [6, 6.07) is 0. The minimum Gasteiger partial charge on any atom is -0.266 e. The topological polar surface area (TPSA) is 18.5 Å². The summed E-state index contributed by atoms with van der Waals surface area (Å²) in [5.41, 5.74) is 0. The van der Waals surface area contributed by atoms with Gasteiger partial charge in [0.25, 0.3) is 5.84 Å². The molecule has 0 radical (unpaired) electrons. The van der Waals surface area contributed by atoms with Gasteiger partial charge in [-0.2, -0.15) is 0 Å². The summed E-state index contributed by atoms with van der Waals surface area (Å²) >= 11 is 41.4. The standard InChI is InChI=1S/C2Cl7O2PS/c3-1(4,5)10-12(9,13)11-2(6,7)8. The van der Waals surface area contributed by atoms with Crippen LogP contribution in [-0.4, -0.2) is 7.96 Å². The van der Waals surface area contributed by atoms with Crippen LogP contribution < -0.4 is 0 Å². The summed E-state index contributed by atoms with van der Waals surface area (Å²) in [4.78, 5) is 0. The fraction of sp³-hybridized carbons (Fsp3) is 1.00. The zero-order valence-corrected chi connectivity index (χ0v) is 12.3. The van der Waals surface area contributed by atoms with Gasteiger partial charge in [0, 0.05) is 0 Å². The highest BCUT2D eigenvalue weighted by atomic mass is 35.7. The lowest BCUT2D eigenvalue weighted by molar-refractivity contribution is 0.258. The molecular formula is C2Cl7O2PS. The summed E-state index contributed by atoms with van der Waals surface area (Å²) in [6.07, 6.45) is 0. The van der Waals surface area contributed by atoms with E-state index >= 15 is 0 Å².